The van der Waals surface area contributed by atoms with Crippen molar-refractivity contribution in [2.24, 2.45) is 0 Å². The van der Waals surface area contributed by atoms with Crippen LogP contribution in [0.2, 0.25) is 0 Å². The summed E-state index contributed by atoms with van der Waals surface area (Å²) >= 11 is 1.32. The molecule has 0 aliphatic carbocycles. The van der Waals surface area contributed by atoms with Crippen LogP contribution in [0, 0.1) is 0 Å². The minimum absolute atomic E-state index is 0.0452. The zero-order chi connectivity index (χ0) is 19.8. The Kier molecular flexibility index (Phi) is 4.18. The Bertz CT molecular complexity index is 1440. The number of benzene rings is 3. The van der Waals surface area contributed by atoms with E-state index in [2.05, 4.69) is 28.5 Å². The van der Waals surface area contributed by atoms with Crippen LogP contribution in [0.3, 0.4) is 0 Å². The van der Waals surface area contributed by atoms with E-state index in [1.807, 2.05) is 29.6 Å². The number of fused-ring (bicyclic) bond motifs is 2. The number of carbonyl (C=O) groups is 1. The molecule has 0 aliphatic rings. The first kappa shape index (κ1) is 17.3. The van der Waals surface area contributed by atoms with E-state index < -0.39 is 5.91 Å². The number of hydrogen-bond acceptors (Lipinski definition) is 5. The molecule has 0 atom stereocenters. The van der Waals surface area contributed by atoms with Gasteiger partial charge in [-0.25, -0.2) is 4.98 Å². The monoisotopic (exact) mass is 398 g/mol. The van der Waals surface area contributed by atoms with Crippen LogP contribution < -0.4 is 10.7 Å². The average molecular weight is 398 g/mol. The average Bonchev–Trinajstić information content (AvgIpc) is 3.22. The summed E-state index contributed by atoms with van der Waals surface area (Å²) in [5.41, 5.74) is 1.86. The smallest absolute Gasteiger partial charge is 0.293 e. The molecule has 1 amide bonds. The zero-order valence-corrected chi connectivity index (χ0v) is 15.9. The largest absolute Gasteiger partial charge is 0.451 e. The van der Waals surface area contributed by atoms with Gasteiger partial charge in [-0.15, -0.1) is 11.3 Å². The van der Waals surface area contributed by atoms with Crippen LogP contribution in [-0.2, 0) is 0 Å². The third kappa shape index (κ3) is 3.30. The van der Waals surface area contributed by atoms with Crippen molar-refractivity contribution in [1.29, 1.82) is 0 Å². The van der Waals surface area contributed by atoms with Crippen molar-refractivity contribution in [3.8, 4) is 11.3 Å². The fourth-order valence-electron chi connectivity index (χ4n) is 3.19. The van der Waals surface area contributed by atoms with Crippen LogP contribution in [0.4, 0.5) is 5.13 Å². The Labute approximate surface area is 169 Å². The molecule has 0 saturated heterocycles. The summed E-state index contributed by atoms with van der Waals surface area (Å²) in [6.45, 7) is 0. The standard InChI is InChI=1S/C23H14N2O3S/c26-19-12-21(28-20-8-4-3-7-17(19)20)22(27)25-23-24-18(13-29-23)16-10-9-14-5-1-2-6-15(14)11-16/h1-13H,(H,24,25,27). The van der Waals surface area contributed by atoms with Crippen LogP contribution >= 0.6 is 11.3 Å². The second kappa shape index (κ2) is 7.00. The van der Waals surface area contributed by atoms with Crippen molar-refractivity contribution in [1.82, 2.24) is 4.98 Å². The molecule has 1 N–H and O–H groups in total. The van der Waals surface area contributed by atoms with Gasteiger partial charge < -0.3 is 4.42 Å². The van der Waals surface area contributed by atoms with Crippen LogP contribution in [0.5, 0.6) is 0 Å². The Morgan fingerprint density at radius 2 is 1.72 bits per heavy atom. The molecule has 0 aliphatic heterocycles. The van der Waals surface area contributed by atoms with Gasteiger partial charge in [0.2, 0.25) is 0 Å². The predicted molar refractivity (Wildman–Crippen MR) is 115 cm³/mol. The van der Waals surface area contributed by atoms with E-state index in [1.165, 1.54) is 17.4 Å². The lowest BCUT2D eigenvalue weighted by Crippen LogP contribution is -2.14. The minimum Gasteiger partial charge on any atom is -0.451 e. The molecule has 0 fully saturated rings. The fourth-order valence-corrected chi connectivity index (χ4v) is 3.90. The zero-order valence-electron chi connectivity index (χ0n) is 15.1. The lowest BCUT2D eigenvalue weighted by atomic mass is 10.1. The molecule has 2 heterocycles. The van der Waals surface area contributed by atoms with Gasteiger partial charge in [-0.05, 0) is 29.0 Å². The maximum atomic E-state index is 12.6. The first-order chi connectivity index (χ1) is 14.2. The number of aromatic nitrogens is 1. The van der Waals surface area contributed by atoms with E-state index >= 15 is 0 Å². The van der Waals surface area contributed by atoms with Crippen molar-refractivity contribution in [3.05, 3.63) is 94.2 Å². The first-order valence-corrected chi connectivity index (χ1v) is 9.84. The van der Waals surface area contributed by atoms with Crippen molar-refractivity contribution in [3.63, 3.8) is 0 Å². The summed E-state index contributed by atoms with van der Waals surface area (Å²) in [6.07, 6.45) is 0. The SMILES string of the molecule is O=C(Nc1nc(-c2ccc3ccccc3c2)cs1)c1cc(=O)c2ccccc2o1. The number of carbonyl (C=O) groups excluding carboxylic acids is 1. The Morgan fingerprint density at radius 3 is 2.62 bits per heavy atom. The van der Waals surface area contributed by atoms with Gasteiger partial charge in [-0.1, -0.05) is 48.5 Å². The van der Waals surface area contributed by atoms with E-state index in [9.17, 15) is 9.59 Å². The van der Waals surface area contributed by atoms with E-state index in [4.69, 9.17) is 4.42 Å². The quantitative estimate of drug-likeness (QED) is 0.446. The van der Waals surface area contributed by atoms with Gasteiger partial charge in [-0.2, -0.15) is 0 Å². The van der Waals surface area contributed by atoms with E-state index in [0.717, 1.165) is 22.0 Å². The van der Waals surface area contributed by atoms with Crippen LogP contribution in [0.25, 0.3) is 33.0 Å². The minimum atomic E-state index is -0.507. The number of nitrogens with zero attached hydrogens (tertiary/aromatic N) is 1. The van der Waals surface area contributed by atoms with Crippen molar-refractivity contribution < 1.29 is 9.21 Å². The van der Waals surface area contributed by atoms with E-state index in [1.54, 1.807) is 24.3 Å². The molecule has 29 heavy (non-hydrogen) atoms. The molecule has 0 saturated carbocycles. The van der Waals surface area contributed by atoms with Crippen LogP contribution in [0.1, 0.15) is 10.6 Å². The normalized spacial score (nSPS) is 11.0. The van der Waals surface area contributed by atoms with Crippen molar-refractivity contribution in [2.75, 3.05) is 5.32 Å². The van der Waals surface area contributed by atoms with Gasteiger partial charge in [0.05, 0.1) is 11.1 Å². The number of anilines is 1. The molecular weight excluding hydrogens is 384 g/mol. The van der Waals surface area contributed by atoms with E-state index in [-0.39, 0.29) is 11.2 Å². The van der Waals surface area contributed by atoms with Gasteiger partial charge in [0, 0.05) is 17.0 Å². The van der Waals surface area contributed by atoms with Crippen molar-refractivity contribution in [2.45, 2.75) is 0 Å². The predicted octanol–water partition coefficient (Wildman–Crippen LogP) is 5.32. The highest BCUT2D eigenvalue weighted by Crippen LogP contribution is 2.28. The van der Waals surface area contributed by atoms with Crippen LogP contribution in [0.15, 0.2) is 87.4 Å². The summed E-state index contributed by atoms with van der Waals surface area (Å²) in [7, 11) is 0. The number of hydrogen-bond donors (Lipinski definition) is 1. The van der Waals surface area contributed by atoms with Gasteiger partial charge in [0.15, 0.2) is 16.3 Å². The van der Waals surface area contributed by atoms with Crippen molar-refractivity contribution >= 4 is 44.1 Å². The molecule has 5 aromatic rings. The molecule has 5 nitrogen and oxygen atoms in total. The number of para-hydroxylation sites is 1. The molecule has 0 bridgehead atoms. The van der Waals surface area contributed by atoms with Crippen LogP contribution in [-0.4, -0.2) is 10.9 Å². The third-order valence-corrected chi connectivity index (χ3v) is 5.39. The number of amides is 1. The maximum absolute atomic E-state index is 12.6. The topological polar surface area (TPSA) is 72.2 Å². The number of nitrogens with one attached hydrogen (secondary N) is 1. The Morgan fingerprint density at radius 1 is 0.931 bits per heavy atom. The molecule has 2 aromatic heterocycles. The highest BCUT2D eigenvalue weighted by molar-refractivity contribution is 7.14. The highest BCUT2D eigenvalue weighted by atomic mass is 32.1. The lowest BCUT2D eigenvalue weighted by molar-refractivity contribution is 0.0997. The first-order valence-electron chi connectivity index (χ1n) is 8.96. The second-order valence-electron chi connectivity index (χ2n) is 6.53. The highest BCUT2D eigenvalue weighted by Gasteiger charge is 2.14. The molecule has 5 rings (SSSR count). The van der Waals surface area contributed by atoms with Gasteiger partial charge >= 0.3 is 0 Å². The third-order valence-electron chi connectivity index (χ3n) is 4.63. The number of thiazole rings is 1. The van der Waals surface area contributed by atoms with E-state index in [0.29, 0.717) is 16.1 Å². The van der Waals surface area contributed by atoms with Gasteiger partial charge in [-0.3, -0.25) is 14.9 Å². The maximum Gasteiger partial charge on any atom is 0.293 e. The molecule has 6 heteroatoms. The van der Waals surface area contributed by atoms with Gasteiger partial charge in [0.25, 0.3) is 5.91 Å². The summed E-state index contributed by atoms with van der Waals surface area (Å²) in [4.78, 5) is 29.3. The molecule has 0 radical (unpaired) electrons. The summed E-state index contributed by atoms with van der Waals surface area (Å²) in [6, 6.07) is 22.3. The molecule has 140 valence electrons. The van der Waals surface area contributed by atoms with Gasteiger partial charge in [0.1, 0.15) is 5.58 Å². The Hall–Kier alpha value is -3.77. The summed E-state index contributed by atoms with van der Waals surface area (Å²) in [5.74, 6) is -0.552. The second-order valence-corrected chi connectivity index (χ2v) is 7.38. The Balaban J connectivity index is 1.42. The summed E-state index contributed by atoms with van der Waals surface area (Å²) in [5, 5.41) is 7.76. The fraction of sp³-hybridized carbons (Fsp3) is 0. The molecule has 3 aromatic carbocycles. The summed E-state index contributed by atoms with van der Waals surface area (Å²) < 4.78 is 5.58. The molecule has 0 spiro atoms. The number of rotatable bonds is 3. The molecular formula is C23H14N2O3S. The molecule has 0 unspecified atom stereocenters. The lowest BCUT2D eigenvalue weighted by Gasteiger charge is -2.03.